The molecule has 6 nitrogen and oxygen atoms in total. The van der Waals surface area contributed by atoms with Crippen molar-refractivity contribution in [2.75, 3.05) is 0 Å². The van der Waals surface area contributed by atoms with E-state index in [-0.39, 0.29) is 18.3 Å². The van der Waals surface area contributed by atoms with Crippen molar-refractivity contribution in [1.82, 2.24) is 5.32 Å². The quantitative estimate of drug-likeness (QED) is 0.254. The monoisotopic (exact) mass is 465 g/mol. The molecular weight excluding hydrogens is 430 g/mol. The summed E-state index contributed by atoms with van der Waals surface area (Å²) < 4.78 is 11.4. The summed E-state index contributed by atoms with van der Waals surface area (Å²) in [6.07, 6.45) is 8.04. The third-order valence-corrected chi connectivity index (χ3v) is 5.59. The van der Waals surface area contributed by atoms with Crippen LogP contribution in [0.4, 0.5) is 0 Å². The van der Waals surface area contributed by atoms with Crippen LogP contribution in [0.3, 0.4) is 0 Å². The Labute approximate surface area is 202 Å². The van der Waals surface area contributed by atoms with Crippen LogP contribution in [0, 0.1) is 0 Å². The number of ether oxygens (including phenoxy) is 2. The second-order valence-electron chi connectivity index (χ2n) is 9.80. The maximum Gasteiger partial charge on any atom is 0.306 e. The maximum atomic E-state index is 12.3. The van der Waals surface area contributed by atoms with E-state index in [0.29, 0.717) is 29.0 Å². The molecule has 6 heteroatoms. The maximum absolute atomic E-state index is 12.3. The summed E-state index contributed by atoms with van der Waals surface area (Å²) in [4.78, 5) is 35.7. The Balaban J connectivity index is 1.40. The molecule has 0 saturated heterocycles. The lowest BCUT2D eigenvalue weighted by molar-refractivity contribution is -0.154. The molecule has 0 unspecified atom stereocenters. The van der Waals surface area contributed by atoms with E-state index in [1.807, 2.05) is 39.0 Å². The van der Waals surface area contributed by atoms with Crippen molar-refractivity contribution in [2.24, 2.45) is 0 Å². The van der Waals surface area contributed by atoms with Gasteiger partial charge in [0.1, 0.15) is 17.1 Å². The molecule has 1 N–H and O–H groups in total. The summed E-state index contributed by atoms with van der Waals surface area (Å²) in [7, 11) is 0. The SMILES string of the molecule is CC(C)(C)OC(=O)CCCCCCCCc1cccc(Oc2cccc3c2C(=O)NC(=O)C3)c1. The molecule has 2 aromatic rings. The predicted molar refractivity (Wildman–Crippen MR) is 131 cm³/mol. The van der Waals surface area contributed by atoms with Crippen LogP contribution < -0.4 is 10.1 Å². The van der Waals surface area contributed by atoms with E-state index in [9.17, 15) is 14.4 Å². The van der Waals surface area contributed by atoms with Gasteiger partial charge in [0.05, 0.1) is 12.0 Å². The first-order valence-corrected chi connectivity index (χ1v) is 12.2. The molecule has 34 heavy (non-hydrogen) atoms. The van der Waals surface area contributed by atoms with Crippen LogP contribution in [-0.2, 0) is 27.2 Å². The van der Waals surface area contributed by atoms with Crippen LogP contribution in [0.5, 0.6) is 11.5 Å². The molecule has 0 fully saturated rings. The van der Waals surface area contributed by atoms with Crippen LogP contribution in [0.1, 0.15) is 87.2 Å². The number of aryl methyl sites for hydroxylation is 1. The lowest BCUT2D eigenvalue weighted by atomic mass is 9.99. The van der Waals surface area contributed by atoms with E-state index >= 15 is 0 Å². The van der Waals surface area contributed by atoms with Crippen molar-refractivity contribution in [3.63, 3.8) is 0 Å². The van der Waals surface area contributed by atoms with Crippen molar-refractivity contribution < 1.29 is 23.9 Å². The standard InChI is InChI=1S/C28H35NO5/c1-28(2,3)34-25(31)17-9-7-5-4-6-8-12-20-13-10-15-22(18-20)33-23-16-11-14-21-19-24(30)29-27(32)26(21)23/h10-11,13-16,18H,4-9,12,17,19H2,1-3H3,(H,29,30,32). The minimum atomic E-state index is -0.413. The minimum Gasteiger partial charge on any atom is -0.460 e. The number of fused-ring (bicyclic) bond motifs is 1. The number of benzene rings is 2. The van der Waals surface area contributed by atoms with Crippen molar-refractivity contribution in [3.8, 4) is 11.5 Å². The number of rotatable bonds is 11. The predicted octanol–water partition coefficient (Wildman–Crippen LogP) is 5.91. The third kappa shape index (κ3) is 8.01. The molecule has 0 bridgehead atoms. The number of amides is 2. The number of nitrogens with one attached hydrogen (secondary N) is 1. The second-order valence-corrected chi connectivity index (χ2v) is 9.80. The zero-order valence-corrected chi connectivity index (χ0v) is 20.4. The zero-order chi connectivity index (χ0) is 24.6. The van der Waals surface area contributed by atoms with Crippen molar-refractivity contribution in [3.05, 3.63) is 59.2 Å². The van der Waals surface area contributed by atoms with E-state index in [0.717, 1.165) is 44.9 Å². The Morgan fingerprint density at radius 1 is 0.941 bits per heavy atom. The summed E-state index contributed by atoms with van der Waals surface area (Å²) in [5, 5.41) is 2.36. The molecule has 1 aliphatic heterocycles. The zero-order valence-electron chi connectivity index (χ0n) is 20.4. The largest absolute Gasteiger partial charge is 0.460 e. The molecule has 3 rings (SSSR count). The van der Waals surface area contributed by atoms with Crippen LogP contribution in [0.15, 0.2) is 42.5 Å². The smallest absolute Gasteiger partial charge is 0.306 e. The Morgan fingerprint density at radius 2 is 1.65 bits per heavy atom. The number of unbranched alkanes of at least 4 members (excludes halogenated alkanes) is 5. The molecule has 0 radical (unpaired) electrons. The van der Waals surface area contributed by atoms with Crippen molar-refractivity contribution >= 4 is 17.8 Å². The first-order valence-electron chi connectivity index (χ1n) is 12.2. The third-order valence-electron chi connectivity index (χ3n) is 5.59. The summed E-state index contributed by atoms with van der Waals surface area (Å²) in [5.74, 6) is 0.326. The average Bonchev–Trinajstić information content (AvgIpc) is 2.74. The van der Waals surface area contributed by atoms with Gasteiger partial charge in [-0.1, -0.05) is 49.9 Å². The molecular formula is C28H35NO5. The highest BCUT2D eigenvalue weighted by Gasteiger charge is 2.26. The highest BCUT2D eigenvalue weighted by molar-refractivity contribution is 6.11. The van der Waals surface area contributed by atoms with Gasteiger partial charge >= 0.3 is 5.97 Å². The summed E-state index contributed by atoms with van der Waals surface area (Å²) in [6.45, 7) is 5.68. The highest BCUT2D eigenvalue weighted by Crippen LogP contribution is 2.30. The molecule has 1 aliphatic rings. The molecule has 0 aliphatic carbocycles. The fraction of sp³-hybridized carbons (Fsp3) is 0.464. The van der Waals surface area contributed by atoms with Gasteiger partial charge in [-0.05, 0) is 69.4 Å². The number of carbonyl (C=O) groups is 3. The van der Waals surface area contributed by atoms with Crippen LogP contribution in [0.25, 0.3) is 0 Å². The van der Waals surface area contributed by atoms with E-state index in [2.05, 4.69) is 11.4 Å². The molecule has 2 aromatic carbocycles. The first kappa shape index (κ1) is 25.5. The van der Waals surface area contributed by atoms with Gasteiger partial charge in [0.15, 0.2) is 0 Å². The van der Waals surface area contributed by atoms with E-state index in [1.54, 1.807) is 18.2 Å². The Morgan fingerprint density at radius 3 is 2.41 bits per heavy atom. The normalized spacial score (nSPS) is 13.3. The number of imide groups is 1. The lowest BCUT2D eigenvalue weighted by Gasteiger charge is -2.19. The van der Waals surface area contributed by atoms with E-state index in [1.165, 1.54) is 5.56 Å². The molecule has 1 heterocycles. The Hall–Kier alpha value is -3.15. The average molecular weight is 466 g/mol. The van der Waals surface area contributed by atoms with Gasteiger partial charge in [0, 0.05) is 6.42 Å². The summed E-state index contributed by atoms with van der Waals surface area (Å²) in [6, 6.07) is 13.3. The van der Waals surface area contributed by atoms with Gasteiger partial charge in [-0.2, -0.15) is 0 Å². The molecule has 0 saturated carbocycles. The molecule has 0 spiro atoms. The van der Waals surface area contributed by atoms with Gasteiger partial charge in [-0.3, -0.25) is 19.7 Å². The number of carbonyl (C=O) groups excluding carboxylic acids is 3. The van der Waals surface area contributed by atoms with Crippen LogP contribution in [-0.4, -0.2) is 23.4 Å². The summed E-state index contributed by atoms with van der Waals surface area (Å²) in [5.41, 5.74) is 1.90. The van der Waals surface area contributed by atoms with Crippen molar-refractivity contribution in [1.29, 1.82) is 0 Å². The van der Waals surface area contributed by atoms with Gasteiger partial charge in [0.25, 0.3) is 5.91 Å². The summed E-state index contributed by atoms with van der Waals surface area (Å²) >= 11 is 0. The molecule has 0 aromatic heterocycles. The van der Waals surface area contributed by atoms with E-state index < -0.39 is 11.5 Å². The minimum absolute atomic E-state index is 0.111. The van der Waals surface area contributed by atoms with Crippen molar-refractivity contribution in [2.45, 2.75) is 84.2 Å². The highest BCUT2D eigenvalue weighted by atomic mass is 16.6. The first-order chi connectivity index (χ1) is 16.2. The topological polar surface area (TPSA) is 81.7 Å². The fourth-order valence-corrected chi connectivity index (χ4v) is 4.06. The van der Waals surface area contributed by atoms with Crippen LogP contribution >= 0.6 is 0 Å². The number of esters is 1. The van der Waals surface area contributed by atoms with Crippen LogP contribution in [0.2, 0.25) is 0 Å². The second kappa shape index (κ2) is 11.8. The number of hydrogen-bond acceptors (Lipinski definition) is 5. The van der Waals surface area contributed by atoms with Gasteiger partial charge in [-0.15, -0.1) is 0 Å². The Bertz CT molecular complexity index is 1020. The molecule has 182 valence electrons. The molecule has 0 atom stereocenters. The lowest BCUT2D eigenvalue weighted by Crippen LogP contribution is -2.37. The fourth-order valence-electron chi connectivity index (χ4n) is 4.06. The van der Waals surface area contributed by atoms with Gasteiger partial charge in [0.2, 0.25) is 5.91 Å². The Kier molecular flexibility index (Phi) is 8.85. The van der Waals surface area contributed by atoms with Gasteiger partial charge in [-0.25, -0.2) is 0 Å². The van der Waals surface area contributed by atoms with Gasteiger partial charge < -0.3 is 9.47 Å². The number of hydrogen-bond donors (Lipinski definition) is 1. The van der Waals surface area contributed by atoms with E-state index in [4.69, 9.17) is 9.47 Å². The molecule has 2 amide bonds.